The first-order valence-corrected chi connectivity index (χ1v) is 9.95. The van der Waals surface area contributed by atoms with E-state index in [1.807, 2.05) is 6.07 Å². The van der Waals surface area contributed by atoms with Crippen molar-refractivity contribution in [2.24, 2.45) is 0 Å². The maximum absolute atomic E-state index is 12.5. The molecule has 1 fully saturated rings. The lowest BCUT2D eigenvalue weighted by Gasteiger charge is -2.30. The van der Waals surface area contributed by atoms with Gasteiger partial charge in [0.15, 0.2) is 5.13 Å². The minimum Gasteiger partial charge on any atom is -0.349 e. The lowest BCUT2D eigenvalue weighted by Crippen LogP contribution is -2.51. The van der Waals surface area contributed by atoms with Crippen LogP contribution in [0.1, 0.15) is 43.3 Å². The molecule has 126 valence electrons. The molecule has 23 heavy (non-hydrogen) atoms. The number of thiophene rings is 1. The van der Waals surface area contributed by atoms with Crippen molar-refractivity contribution >= 4 is 43.2 Å². The summed E-state index contributed by atoms with van der Waals surface area (Å²) < 4.78 is 1.11. The second kappa shape index (κ2) is 7.15. The highest BCUT2D eigenvalue weighted by Gasteiger charge is 2.24. The molecule has 0 aliphatic carbocycles. The minimum absolute atomic E-state index is 0.0325. The summed E-state index contributed by atoms with van der Waals surface area (Å²) in [6.07, 6.45) is 2.16. The molecule has 1 aliphatic rings. The van der Waals surface area contributed by atoms with Gasteiger partial charge in [-0.1, -0.05) is 11.3 Å². The highest BCUT2D eigenvalue weighted by Crippen LogP contribution is 2.34. The summed E-state index contributed by atoms with van der Waals surface area (Å²) in [6, 6.07) is 2.54. The number of fused-ring (bicyclic) bond motifs is 1. The van der Waals surface area contributed by atoms with Crippen LogP contribution in [0.5, 0.6) is 0 Å². The molecule has 2 aromatic rings. The zero-order valence-corrected chi connectivity index (χ0v) is 15.5. The average Bonchev–Trinajstić information content (AvgIpc) is 3.10. The molecule has 0 aromatic carbocycles. The maximum Gasteiger partial charge on any atom is 0.261 e. The number of anilines is 1. The van der Waals surface area contributed by atoms with Crippen molar-refractivity contribution < 1.29 is 4.79 Å². The summed E-state index contributed by atoms with van der Waals surface area (Å²) >= 11 is 3.17. The van der Waals surface area contributed by atoms with Gasteiger partial charge in [-0.25, -0.2) is 4.98 Å². The van der Waals surface area contributed by atoms with Crippen molar-refractivity contribution in [1.82, 2.24) is 15.6 Å². The summed E-state index contributed by atoms with van der Waals surface area (Å²) in [5, 5.41) is 7.64. The molecular weight excluding hydrogens is 328 g/mol. The number of carbonyl (C=O) groups is 1. The molecule has 1 amide bonds. The van der Waals surface area contributed by atoms with Crippen LogP contribution in [0.25, 0.3) is 9.53 Å². The summed E-state index contributed by atoms with van der Waals surface area (Å²) in [5.74, 6) is 0.0325. The van der Waals surface area contributed by atoms with Crippen molar-refractivity contribution in [2.45, 2.75) is 45.7 Å². The molecule has 2 unspecified atom stereocenters. The van der Waals surface area contributed by atoms with Crippen LogP contribution in [0.2, 0.25) is 0 Å². The number of aromatic nitrogens is 1. The minimum atomic E-state index is 0.0325. The standard InChI is InChI=1S/C16H24N4OS2/c1-4-20(5-2)16-19-15-13(23-16)9-12(22-15)14(21)18-11-7-6-8-17-10(11)3/h9-11,17H,4-8H2,1-3H3,(H,18,21). The topological polar surface area (TPSA) is 57.3 Å². The Morgan fingerprint density at radius 2 is 2.22 bits per heavy atom. The highest BCUT2D eigenvalue weighted by molar-refractivity contribution is 7.29. The lowest BCUT2D eigenvalue weighted by atomic mass is 10.00. The second-order valence-corrected chi connectivity index (χ2v) is 7.95. The molecule has 1 saturated heterocycles. The van der Waals surface area contributed by atoms with E-state index in [0.29, 0.717) is 6.04 Å². The predicted octanol–water partition coefficient (Wildman–Crippen LogP) is 3.07. The van der Waals surface area contributed by atoms with Crippen LogP contribution in [0.15, 0.2) is 6.07 Å². The van der Waals surface area contributed by atoms with Gasteiger partial charge in [0.2, 0.25) is 0 Å². The molecule has 2 atom stereocenters. The molecule has 3 heterocycles. The SMILES string of the molecule is CCN(CC)c1nc2sc(C(=O)NC3CCCNC3C)cc2s1. The molecule has 0 radical (unpaired) electrons. The Morgan fingerprint density at radius 1 is 1.43 bits per heavy atom. The number of amides is 1. The van der Waals surface area contributed by atoms with Crippen LogP contribution in [-0.2, 0) is 0 Å². The van der Waals surface area contributed by atoms with Gasteiger partial charge in [0.1, 0.15) is 4.83 Å². The van der Waals surface area contributed by atoms with Gasteiger partial charge in [-0.3, -0.25) is 4.79 Å². The normalized spacial score (nSPS) is 21.5. The predicted molar refractivity (Wildman–Crippen MR) is 99.0 cm³/mol. The van der Waals surface area contributed by atoms with E-state index in [4.69, 9.17) is 4.98 Å². The Kier molecular flexibility index (Phi) is 5.18. The maximum atomic E-state index is 12.5. The number of thiazole rings is 1. The molecule has 7 heteroatoms. The van der Waals surface area contributed by atoms with Gasteiger partial charge in [-0.2, -0.15) is 0 Å². The number of hydrogen-bond acceptors (Lipinski definition) is 6. The molecule has 5 nitrogen and oxygen atoms in total. The van der Waals surface area contributed by atoms with E-state index in [1.54, 1.807) is 11.3 Å². The molecule has 1 aliphatic heterocycles. The summed E-state index contributed by atoms with van der Waals surface area (Å²) in [6.45, 7) is 9.36. The fourth-order valence-electron chi connectivity index (χ4n) is 2.95. The van der Waals surface area contributed by atoms with Crippen LogP contribution in [0, 0.1) is 0 Å². The molecule has 0 spiro atoms. The quantitative estimate of drug-likeness (QED) is 0.868. The van der Waals surface area contributed by atoms with Crippen LogP contribution in [-0.4, -0.2) is 42.6 Å². The summed E-state index contributed by atoms with van der Waals surface area (Å²) in [4.78, 5) is 21.2. The van der Waals surface area contributed by atoms with Crippen molar-refractivity contribution in [2.75, 3.05) is 24.5 Å². The van der Waals surface area contributed by atoms with E-state index in [9.17, 15) is 4.79 Å². The fourth-order valence-corrected chi connectivity index (χ4v) is 5.19. The van der Waals surface area contributed by atoms with Crippen LogP contribution >= 0.6 is 22.7 Å². The zero-order valence-electron chi connectivity index (χ0n) is 13.9. The summed E-state index contributed by atoms with van der Waals surface area (Å²) in [7, 11) is 0. The Hall–Kier alpha value is -1.18. The van der Waals surface area contributed by atoms with Crippen LogP contribution < -0.4 is 15.5 Å². The number of nitrogens with zero attached hydrogens (tertiary/aromatic N) is 2. The van der Waals surface area contributed by atoms with Crippen LogP contribution in [0.3, 0.4) is 0 Å². The molecule has 0 saturated carbocycles. The number of piperidine rings is 1. The first kappa shape index (κ1) is 16.7. The van der Waals surface area contributed by atoms with E-state index in [-0.39, 0.29) is 11.9 Å². The number of hydrogen-bond donors (Lipinski definition) is 2. The van der Waals surface area contributed by atoms with Crippen molar-refractivity contribution in [3.05, 3.63) is 10.9 Å². The van der Waals surface area contributed by atoms with E-state index < -0.39 is 0 Å². The van der Waals surface area contributed by atoms with Gasteiger partial charge in [0, 0.05) is 25.2 Å². The summed E-state index contributed by atoms with van der Waals surface area (Å²) in [5.41, 5.74) is 0. The monoisotopic (exact) mass is 352 g/mol. The molecule has 0 bridgehead atoms. The fraction of sp³-hybridized carbons (Fsp3) is 0.625. The molecule has 2 N–H and O–H groups in total. The smallest absolute Gasteiger partial charge is 0.261 e. The van der Waals surface area contributed by atoms with Gasteiger partial charge < -0.3 is 15.5 Å². The Morgan fingerprint density at radius 3 is 2.87 bits per heavy atom. The van der Waals surface area contributed by atoms with Gasteiger partial charge >= 0.3 is 0 Å². The third kappa shape index (κ3) is 3.51. The lowest BCUT2D eigenvalue weighted by molar-refractivity contribution is 0.0924. The third-order valence-electron chi connectivity index (χ3n) is 4.41. The Labute approximate surface area is 145 Å². The first-order chi connectivity index (χ1) is 11.1. The zero-order chi connectivity index (χ0) is 16.4. The molecular formula is C16H24N4OS2. The molecule has 3 rings (SSSR count). The largest absolute Gasteiger partial charge is 0.349 e. The average molecular weight is 353 g/mol. The number of carbonyl (C=O) groups excluding carboxylic acids is 1. The van der Waals surface area contributed by atoms with E-state index >= 15 is 0 Å². The van der Waals surface area contributed by atoms with Crippen LogP contribution in [0.4, 0.5) is 5.13 Å². The van der Waals surface area contributed by atoms with Gasteiger partial charge in [-0.15, -0.1) is 11.3 Å². The van der Waals surface area contributed by atoms with E-state index in [0.717, 1.165) is 52.0 Å². The second-order valence-electron chi connectivity index (χ2n) is 5.91. The molecule has 2 aromatic heterocycles. The number of nitrogens with one attached hydrogen (secondary N) is 2. The van der Waals surface area contributed by atoms with E-state index in [1.165, 1.54) is 11.3 Å². The van der Waals surface area contributed by atoms with Crippen molar-refractivity contribution in [3.63, 3.8) is 0 Å². The van der Waals surface area contributed by atoms with E-state index in [2.05, 4.69) is 36.3 Å². The Bertz CT molecular complexity index is 645. The first-order valence-electron chi connectivity index (χ1n) is 8.32. The van der Waals surface area contributed by atoms with Gasteiger partial charge in [0.25, 0.3) is 5.91 Å². The van der Waals surface area contributed by atoms with Crippen molar-refractivity contribution in [1.29, 1.82) is 0 Å². The van der Waals surface area contributed by atoms with Crippen molar-refractivity contribution in [3.8, 4) is 0 Å². The van der Waals surface area contributed by atoms with Gasteiger partial charge in [-0.05, 0) is 46.2 Å². The number of rotatable bonds is 5. The highest BCUT2D eigenvalue weighted by atomic mass is 32.1. The van der Waals surface area contributed by atoms with Gasteiger partial charge in [0.05, 0.1) is 9.58 Å². The third-order valence-corrected chi connectivity index (χ3v) is 6.63. The Balaban J connectivity index is 1.72.